The highest BCUT2D eigenvalue weighted by Crippen LogP contribution is 2.36. The fourth-order valence-corrected chi connectivity index (χ4v) is 5.77. The average molecular weight is 605 g/mol. The van der Waals surface area contributed by atoms with Gasteiger partial charge in [0.25, 0.3) is 0 Å². The summed E-state index contributed by atoms with van der Waals surface area (Å²) in [5.74, 6) is 0.589. The lowest BCUT2D eigenvalue weighted by atomic mass is 10.0. The lowest BCUT2D eigenvalue weighted by molar-refractivity contribution is -0.135. The van der Waals surface area contributed by atoms with Crippen molar-refractivity contribution in [1.29, 1.82) is 0 Å². The summed E-state index contributed by atoms with van der Waals surface area (Å²) < 4.78 is 5.91. The quantitative estimate of drug-likeness (QED) is 0.329. The summed E-state index contributed by atoms with van der Waals surface area (Å²) >= 11 is 4.09. The van der Waals surface area contributed by atoms with Crippen molar-refractivity contribution in [3.05, 3.63) is 64.1 Å². The molecule has 0 radical (unpaired) electrons. The van der Waals surface area contributed by atoms with Gasteiger partial charge in [0, 0.05) is 25.5 Å². The Hall–Kier alpha value is -2.53. The van der Waals surface area contributed by atoms with Gasteiger partial charge in [0.2, 0.25) is 5.91 Å². The minimum atomic E-state index is -0.647. The molecule has 0 bridgehead atoms. The zero-order chi connectivity index (χ0) is 24.9. The molecule has 0 aliphatic carbocycles. The molecule has 2 atom stereocenters. The fourth-order valence-electron chi connectivity index (χ4n) is 4.21. The van der Waals surface area contributed by atoms with Crippen molar-refractivity contribution in [3.8, 4) is 11.3 Å². The summed E-state index contributed by atoms with van der Waals surface area (Å²) in [6.07, 6.45) is 2.94. The molecule has 3 aromatic rings. The van der Waals surface area contributed by atoms with Crippen molar-refractivity contribution >= 4 is 46.4 Å². The Balaban J connectivity index is 1.54. The van der Waals surface area contributed by atoms with E-state index in [1.165, 1.54) is 20.5 Å². The lowest BCUT2D eigenvalue weighted by Gasteiger charge is -2.30. The monoisotopic (exact) mass is 604 g/mol. The molecule has 0 saturated carbocycles. The van der Waals surface area contributed by atoms with E-state index in [2.05, 4.69) is 68.2 Å². The summed E-state index contributed by atoms with van der Waals surface area (Å²) in [4.78, 5) is 37.5. The summed E-state index contributed by atoms with van der Waals surface area (Å²) in [5.41, 5.74) is 1.96. The van der Waals surface area contributed by atoms with Crippen LogP contribution < -0.4 is 5.32 Å². The van der Waals surface area contributed by atoms with Crippen LogP contribution in [0.3, 0.4) is 0 Å². The number of alkyl carbamates (subject to hydrolysis) is 1. The molecule has 0 spiro atoms. The van der Waals surface area contributed by atoms with Gasteiger partial charge in [-0.25, -0.2) is 9.78 Å². The zero-order valence-corrected chi connectivity index (χ0v) is 22.9. The number of amides is 2. The zero-order valence-electron chi connectivity index (χ0n) is 20.0. The van der Waals surface area contributed by atoms with Gasteiger partial charge in [-0.2, -0.15) is 0 Å². The number of aromatic nitrogens is 2. The smallest absolute Gasteiger partial charge is 0.407 e. The van der Waals surface area contributed by atoms with Crippen LogP contribution >= 0.6 is 34.4 Å². The number of carbonyl (C=O) groups excluding carboxylic acids is 2. The van der Waals surface area contributed by atoms with E-state index >= 15 is 0 Å². The number of likely N-dealkylation sites (tertiary alicyclic amines) is 1. The molecule has 1 unspecified atom stereocenters. The van der Waals surface area contributed by atoms with Gasteiger partial charge in [0.05, 0.1) is 25.0 Å². The molecule has 7 nitrogen and oxygen atoms in total. The molecule has 1 aliphatic rings. The van der Waals surface area contributed by atoms with Gasteiger partial charge in [-0.15, -0.1) is 0 Å². The number of hydrogen-bond donors (Lipinski definition) is 2. The molecule has 4 rings (SSSR count). The van der Waals surface area contributed by atoms with Crippen LogP contribution in [0.2, 0.25) is 0 Å². The van der Waals surface area contributed by atoms with E-state index in [4.69, 9.17) is 4.74 Å². The normalized spacial score (nSPS) is 16.4. The maximum atomic E-state index is 13.4. The minimum Gasteiger partial charge on any atom is -0.453 e. The maximum absolute atomic E-state index is 13.4. The SMILES string of the molecule is COC(=O)N[C@H](C(=O)N1CCCC1c1ncc(-c2ccc(I)c(Sc3ccccc3)c2)[nH]1)C(C)C. The highest BCUT2D eigenvalue weighted by molar-refractivity contribution is 14.1. The first-order chi connectivity index (χ1) is 16.9. The number of rotatable bonds is 7. The van der Waals surface area contributed by atoms with Crippen molar-refractivity contribution in [2.45, 2.75) is 48.6 Å². The molecule has 2 N–H and O–H groups in total. The number of imidazole rings is 1. The first-order valence-electron chi connectivity index (χ1n) is 11.6. The predicted molar refractivity (Wildman–Crippen MR) is 145 cm³/mol. The number of H-pyrrole nitrogens is 1. The third kappa shape index (κ3) is 6.00. The molecule has 1 aromatic heterocycles. The van der Waals surface area contributed by atoms with Crippen LogP contribution in [0.5, 0.6) is 0 Å². The van der Waals surface area contributed by atoms with Crippen LogP contribution in [-0.2, 0) is 9.53 Å². The van der Waals surface area contributed by atoms with Crippen molar-refractivity contribution in [2.75, 3.05) is 13.7 Å². The molecular weight excluding hydrogens is 575 g/mol. The van der Waals surface area contributed by atoms with Crippen LogP contribution in [0, 0.1) is 9.49 Å². The Bertz CT molecular complexity index is 1180. The first kappa shape index (κ1) is 25.6. The second-order valence-electron chi connectivity index (χ2n) is 8.79. The number of hydrogen-bond acceptors (Lipinski definition) is 5. The van der Waals surface area contributed by atoms with E-state index in [9.17, 15) is 9.59 Å². The highest BCUT2D eigenvalue weighted by Gasteiger charge is 2.37. The summed E-state index contributed by atoms with van der Waals surface area (Å²) in [7, 11) is 1.30. The van der Waals surface area contributed by atoms with E-state index in [-0.39, 0.29) is 17.9 Å². The molecule has 1 fully saturated rings. The van der Waals surface area contributed by atoms with E-state index < -0.39 is 12.1 Å². The molecular formula is C26H29IN4O3S. The van der Waals surface area contributed by atoms with Gasteiger partial charge in [-0.3, -0.25) is 4.79 Å². The van der Waals surface area contributed by atoms with Gasteiger partial charge in [-0.05, 0) is 65.6 Å². The average Bonchev–Trinajstić information content (AvgIpc) is 3.53. The molecule has 9 heteroatoms. The molecule has 1 aliphatic heterocycles. The third-order valence-corrected chi connectivity index (χ3v) is 8.42. The minimum absolute atomic E-state index is 0.0673. The first-order valence-corrected chi connectivity index (χ1v) is 13.5. The maximum Gasteiger partial charge on any atom is 0.407 e. The van der Waals surface area contributed by atoms with E-state index in [0.717, 1.165) is 29.9 Å². The van der Waals surface area contributed by atoms with Crippen molar-refractivity contribution in [1.82, 2.24) is 20.2 Å². The van der Waals surface area contributed by atoms with Crippen LogP contribution in [0.25, 0.3) is 11.3 Å². The molecule has 2 heterocycles. The molecule has 2 amide bonds. The molecule has 1 saturated heterocycles. The lowest BCUT2D eigenvalue weighted by Crippen LogP contribution is -2.51. The van der Waals surface area contributed by atoms with Crippen LogP contribution in [0.1, 0.15) is 38.6 Å². The summed E-state index contributed by atoms with van der Waals surface area (Å²) in [6, 6.07) is 15.9. The summed E-state index contributed by atoms with van der Waals surface area (Å²) in [5, 5.41) is 2.69. The number of nitrogens with one attached hydrogen (secondary N) is 2. The van der Waals surface area contributed by atoms with Gasteiger partial charge in [0.15, 0.2) is 0 Å². The van der Waals surface area contributed by atoms with Gasteiger partial charge in [-0.1, -0.05) is 49.9 Å². The van der Waals surface area contributed by atoms with E-state index in [1.54, 1.807) is 11.8 Å². The molecule has 2 aromatic carbocycles. The Labute approximate surface area is 223 Å². The van der Waals surface area contributed by atoms with Crippen LogP contribution in [-0.4, -0.2) is 46.6 Å². The second-order valence-corrected chi connectivity index (χ2v) is 11.1. The number of carbonyl (C=O) groups is 2. The van der Waals surface area contributed by atoms with Crippen LogP contribution in [0.4, 0.5) is 4.79 Å². The van der Waals surface area contributed by atoms with Gasteiger partial charge in [0.1, 0.15) is 11.9 Å². The van der Waals surface area contributed by atoms with Gasteiger partial charge >= 0.3 is 6.09 Å². The molecule has 184 valence electrons. The summed E-state index contributed by atoms with van der Waals surface area (Å²) in [6.45, 7) is 4.46. The number of nitrogens with zero attached hydrogens (tertiary/aromatic N) is 2. The Morgan fingerprint density at radius 2 is 2.00 bits per heavy atom. The predicted octanol–water partition coefficient (Wildman–Crippen LogP) is 5.88. The Kier molecular flexibility index (Phi) is 8.38. The number of methoxy groups -OCH3 is 1. The van der Waals surface area contributed by atoms with Gasteiger partial charge < -0.3 is 19.9 Å². The largest absolute Gasteiger partial charge is 0.453 e. The Morgan fingerprint density at radius 3 is 2.71 bits per heavy atom. The Morgan fingerprint density at radius 1 is 1.23 bits per heavy atom. The van der Waals surface area contributed by atoms with Crippen molar-refractivity contribution in [2.24, 2.45) is 5.92 Å². The number of aromatic amines is 1. The number of benzene rings is 2. The standard InChI is InChI=1S/C26H29IN4O3S/c1-16(2)23(30-26(33)34-3)25(32)31-13-7-10-21(31)24-28-15-20(29-24)17-11-12-19(27)22(14-17)35-18-8-5-4-6-9-18/h4-6,8-9,11-12,14-16,21,23H,7,10,13H2,1-3H3,(H,28,29)(H,30,33)/t21?,23-/m0/s1. The third-order valence-electron chi connectivity index (χ3n) is 6.05. The second kappa shape index (κ2) is 11.5. The number of ether oxygens (including phenoxy) is 1. The molecule has 35 heavy (non-hydrogen) atoms. The van der Waals surface area contributed by atoms with E-state index in [1.807, 2.05) is 43.1 Å². The van der Waals surface area contributed by atoms with Crippen LogP contribution in [0.15, 0.2) is 64.5 Å². The number of halogens is 1. The topological polar surface area (TPSA) is 87.3 Å². The fraction of sp³-hybridized carbons (Fsp3) is 0.346. The van der Waals surface area contributed by atoms with Crippen molar-refractivity contribution in [3.63, 3.8) is 0 Å². The van der Waals surface area contributed by atoms with Crippen molar-refractivity contribution < 1.29 is 14.3 Å². The van der Waals surface area contributed by atoms with E-state index in [0.29, 0.717) is 6.54 Å². The highest BCUT2D eigenvalue weighted by atomic mass is 127.